The molecule has 1 atom stereocenters. The van der Waals surface area contributed by atoms with E-state index in [1.807, 2.05) is 0 Å². The predicted octanol–water partition coefficient (Wildman–Crippen LogP) is 3.56. The molecule has 3 nitrogen and oxygen atoms in total. The number of carbonyl (C=O) groups is 1. The Labute approximate surface area is 121 Å². The fraction of sp³-hybridized carbons (Fsp3) is 0.533. The highest BCUT2D eigenvalue weighted by atomic mass is 19.4. The number of esters is 1. The van der Waals surface area contributed by atoms with Gasteiger partial charge < -0.3 is 9.47 Å². The Bertz CT molecular complexity index is 478. The molecule has 1 unspecified atom stereocenters. The summed E-state index contributed by atoms with van der Waals surface area (Å²) in [5.74, 6) is -0.279. The van der Waals surface area contributed by atoms with Crippen LogP contribution in [0, 0.1) is 5.92 Å². The van der Waals surface area contributed by atoms with Crippen molar-refractivity contribution in [3.63, 3.8) is 0 Å². The second-order valence-electron chi connectivity index (χ2n) is 5.14. The predicted molar refractivity (Wildman–Crippen MR) is 69.4 cm³/mol. The minimum absolute atomic E-state index is 0.0917. The maximum atomic E-state index is 12.5. The second-order valence-corrected chi connectivity index (χ2v) is 5.14. The van der Waals surface area contributed by atoms with Crippen molar-refractivity contribution in [1.29, 1.82) is 0 Å². The Kier molecular flexibility index (Phi) is 4.88. The summed E-state index contributed by atoms with van der Waals surface area (Å²) < 4.78 is 47.6. The average Bonchev–Trinajstić information content (AvgIpc) is 2.39. The molecule has 21 heavy (non-hydrogen) atoms. The van der Waals surface area contributed by atoms with Crippen LogP contribution in [0.25, 0.3) is 0 Å². The van der Waals surface area contributed by atoms with Gasteiger partial charge in [0, 0.05) is 0 Å². The Hall–Kier alpha value is -1.56. The van der Waals surface area contributed by atoms with Crippen molar-refractivity contribution in [2.24, 2.45) is 5.92 Å². The first-order chi connectivity index (χ1) is 9.91. The Balaban J connectivity index is 1.95. The van der Waals surface area contributed by atoms with Gasteiger partial charge in [-0.1, -0.05) is 18.6 Å². The maximum Gasteiger partial charge on any atom is 0.416 e. The highest BCUT2D eigenvalue weighted by Crippen LogP contribution is 2.32. The van der Waals surface area contributed by atoms with Crippen LogP contribution in [0.3, 0.4) is 0 Å². The molecule has 0 amide bonds. The minimum Gasteiger partial charge on any atom is -0.467 e. The van der Waals surface area contributed by atoms with Gasteiger partial charge in [0.25, 0.3) is 0 Å². The molecule has 0 aromatic heterocycles. The Morgan fingerprint density at radius 3 is 2.33 bits per heavy atom. The summed E-state index contributed by atoms with van der Waals surface area (Å²) in [5, 5.41) is 0. The summed E-state index contributed by atoms with van der Waals surface area (Å²) in [6.07, 6.45) is -2.10. The normalized spacial score (nSPS) is 17.1. The lowest BCUT2D eigenvalue weighted by Crippen LogP contribution is -2.37. The van der Waals surface area contributed by atoms with Crippen LogP contribution in [-0.2, 0) is 27.1 Å². The van der Waals surface area contributed by atoms with Gasteiger partial charge in [0.15, 0.2) is 6.10 Å². The number of hydrogen-bond acceptors (Lipinski definition) is 3. The number of rotatable bonds is 5. The molecule has 1 aliphatic carbocycles. The van der Waals surface area contributed by atoms with E-state index in [1.54, 1.807) is 0 Å². The Morgan fingerprint density at radius 2 is 1.90 bits per heavy atom. The van der Waals surface area contributed by atoms with Gasteiger partial charge in [0.05, 0.1) is 19.3 Å². The van der Waals surface area contributed by atoms with E-state index in [-0.39, 0.29) is 12.5 Å². The van der Waals surface area contributed by atoms with Gasteiger partial charge in [0.1, 0.15) is 0 Å². The first-order valence-electron chi connectivity index (χ1n) is 6.77. The van der Waals surface area contributed by atoms with Gasteiger partial charge in [-0.3, -0.25) is 0 Å². The molecule has 0 saturated heterocycles. The van der Waals surface area contributed by atoms with Crippen molar-refractivity contribution in [2.75, 3.05) is 7.11 Å². The molecule has 0 heterocycles. The number of alkyl halides is 3. The molecule has 116 valence electrons. The van der Waals surface area contributed by atoms with E-state index in [0.717, 1.165) is 31.4 Å². The third kappa shape index (κ3) is 3.97. The van der Waals surface area contributed by atoms with E-state index >= 15 is 0 Å². The van der Waals surface area contributed by atoms with E-state index in [9.17, 15) is 18.0 Å². The zero-order valence-corrected chi connectivity index (χ0v) is 11.7. The molecule has 6 heteroatoms. The lowest BCUT2D eigenvalue weighted by molar-refractivity contribution is -0.161. The van der Waals surface area contributed by atoms with Gasteiger partial charge >= 0.3 is 12.1 Å². The number of hydrogen-bond donors (Lipinski definition) is 0. The first-order valence-corrected chi connectivity index (χ1v) is 6.77. The first kappa shape index (κ1) is 15.8. The van der Waals surface area contributed by atoms with Crippen molar-refractivity contribution in [2.45, 2.75) is 38.1 Å². The number of methoxy groups -OCH3 is 1. The van der Waals surface area contributed by atoms with Crippen molar-refractivity contribution in [3.8, 4) is 0 Å². The summed E-state index contributed by atoms with van der Waals surface area (Å²) in [7, 11) is 1.30. The minimum atomic E-state index is -4.35. The molecule has 1 aromatic carbocycles. The zero-order chi connectivity index (χ0) is 15.5. The van der Waals surface area contributed by atoms with E-state index < -0.39 is 23.8 Å². The van der Waals surface area contributed by atoms with Crippen LogP contribution in [0.5, 0.6) is 0 Å². The smallest absolute Gasteiger partial charge is 0.416 e. The molecule has 0 spiro atoms. The molecule has 0 aliphatic heterocycles. The van der Waals surface area contributed by atoms with Crippen LogP contribution < -0.4 is 0 Å². The topological polar surface area (TPSA) is 35.5 Å². The van der Waals surface area contributed by atoms with Crippen molar-refractivity contribution in [1.82, 2.24) is 0 Å². The number of halogens is 3. The second kappa shape index (κ2) is 6.47. The quantitative estimate of drug-likeness (QED) is 0.780. The maximum absolute atomic E-state index is 12.5. The molecular weight excluding hydrogens is 285 g/mol. The average molecular weight is 302 g/mol. The molecular formula is C15H17F3O3. The van der Waals surface area contributed by atoms with E-state index in [0.29, 0.717) is 5.56 Å². The van der Waals surface area contributed by atoms with E-state index in [1.165, 1.54) is 19.2 Å². The van der Waals surface area contributed by atoms with Crippen LogP contribution in [0.4, 0.5) is 13.2 Å². The molecule has 0 N–H and O–H groups in total. The molecule has 1 fully saturated rings. The molecule has 0 radical (unpaired) electrons. The summed E-state index contributed by atoms with van der Waals surface area (Å²) >= 11 is 0. The van der Waals surface area contributed by atoms with Gasteiger partial charge in [-0.25, -0.2) is 4.79 Å². The van der Waals surface area contributed by atoms with E-state index in [2.05, 4.69) is 0 Å². The highest BCUT2D eigenvalue weighted by Gasteiger charge is 2.34. The van der Waals surface area contributed by atoms with Crippen LogP contribution >= 0.6 is 0 Å². The standard InChI is InChI=1S/C15H17F3O3/c1-20-14(19)13(11-3-2-4-11)21-9-10-5-7-12(8-6-10)15(16,17)18/h5-8,11,13H,2-4,9H2,1H3. The fourth-order valence-electron chi connectivity index (χ4n) is 2.23. The van der Waals surface area contributed by atoms with Crippen molar-refractivity contribution < 1.29 is 27.4 Å². The van der Waals surface area contributed by atoms with Crippen molar-refractivity contribution in [3.05, 3.63) is 35.4 Å². The van der Waals surface area contributed by atoms with E-state index in [4.69, 9.17) is 9.47 Å². The molecule has 1 aliphatic rings. The summed E-state index contributed by atoms with van der Waals surface area (Å²) in [6.45, 7) is 0.0917. The third-order valence-corrected chi connectivity index (χ3v) is 3.72. The SMILES string of the molecule is COC(=O)C(OCc1ccc(C(F)(F)F)cc1)C1CCC1. The molecule has 2 rings (SSSR count). The fourth-order valence-corrected chi connectivity index (χ4v) is 2.23. The number of benzene rings is 1. The summed E-state index contributed by atoms with van der Waals surface area (Å²) in [6, 6.07) is 4.74. The summed E-state index contributed by atoms with van der Waals surface area (Å²) in [5.41, 5.74) is -0.106. The molecule has 1 aromatic rings. The van der Waals surface area contributed by atoms with Crippen molar-refractivity contribution >= 4 is 5.97 Å². The third-order valence-electron chi connectivity index (χ3n) is 3.72. The van der Waals surface area contributed by atoms with Crippen LogP contribution in [0.1, 0.15) is 30.4 Å². The largest absolute Gasteiger partial charge is 0.467 e. The number of ether oxygens (including phenoxy) is 2. The van der Waals surface area contributed by atoms with Gasteiger partial charge in [0.2, 0.25) is 0 Å². The van der Waals surface area contributed by atoms with Crippen LogP contribution in [0.2, 0.25) is 0 Å². The van der Waals surface area contributed by atoms with Crippen LogP contribution in [-0.4, -0.2) is 19.2 Å². The lowest BCUT2D eigenvalue weighted by Gasteiger charge is -2.31. The Morgan fingerprint density at radius 1 is 1.29 bits per heavy atom. The molecule has 1 saturated carbocycles. The summed E-state index contributed by atoms with van der Waals surface area (Å²) in [4.78, 5) is 11.7. The lowest BCUT2D eigenvalue weighted by atomic mass is 9.81. The highest BCUT2D eigenvalue weighted by molar-refractivity contribution is 5.75. The van der Waals surface area contributed by atoms with Gasteiger partial charge in [-0.2, -0.15) is 13.2 Å². The van der Waals surface area contributed by atoms with Crippen LogP contribution in [0.15, 0.2) is 24.3 Å². The van der Waals surface area contributed by atoms with Gasteiger partial charge in [-0.15, -0.1) is 0 Å². The molecule has 0 bridgehead atoms. The zero-order valence-electron chi connectivity index (χ0n) is 11.7. The van der Waals surface area contributed by atoms with Gasteiger partial charge in [-0.05, 0) is 36.5 Å². The number of carbonyl (C=O) groups excluding carboxylic acids is 1. The monoisotopic (exact) mass is 302 g/mol.